The van der Waals surface area contributed by atoms with Crippen LogP contribution in [0.25, 0.3) is 0 Å². The smallest absolute Gasteiger partial charge is 0.225 e. The molecule has 154 valence electrons. The molecule has 0 saturated carbocycles. The summed E-state index contributed by atoms with van der Waals surface area (Å²) in [7, 11) is 1.75. The number of aliphatic imine (C=N–C) groups is 1. The Bertz CT molecular complexity index is 823. The van der Waals surface area contributed by atoms with Crippen LogP contribution >= 0.6 is 0 Å². The molecule has 2 aromatic rings. The number of carbonyl (C=O) groups excluding carboxylic acids is 1. The van der Waals surface area contributed by atoms with Gasteiger partial charge in [0.1, 0.15) is 0 Å². The molecule has 1 amide bonds. The second kappa shape index (κ2) is 10.6. The van der Waals surface area contributed by atoms with Crippen LogP contribution in [0, 0.1) is 0 Å². The summed E-state index contributed by atoms with van der Waals surface area (Å²) in [5, 5.41) is 9.59. The maximum atomic E-state index is 12.0. The number of carbonyl (C=O) groups is 1. The number of hydrogen-bond donors (Lipinski definition) is 3. The van der Waals surface area contributed by atoms with Crippen LogP contribution in [0.4, 0.5) is 5.69 Å². The van der Waals surface area contributed by atoms with Gasteiger partial charge in [0.25, 0.3) is 0 Å². The number of rotatable bonds is 8. The molecule has 0 aliphatic carbocycles. The van der Waals surface area contributed by atoms with Gasteiger partial charge in [0.05, 0.1) is 6.10 Å². The van der Waals surface area contributed by atoms with Crippen molar-refractivity contribution in [3.63, 3.8) is 0 Å². The lowest BCUT2D eigenvalue weighted by Crippen LogP contribution is -2.41. The lowest BCUT2D eigenvalue weighted by Gasteiger charge is -2.26. The van der Waals surface area contributed by atoms with Crippen molar-refractivity contribution in [2.75, 3.05) is 32.1 Å². The van der Waals surface area contributed by atoms with E-state index in [1.807, 2.05) is 36.4 Å². The third-order valence-electron chi connectivity index (χ3n) is 5.10. The summed E-state index contributed by atoms with van der Waals surface area (Å²) >= 11 is 0. The molecule has 3 rings (SSSR count). The van der Waals surface area contributed by atoms with Gasteiger partial charge in [0.2, 0.25) is 5.91 Å². The molecule has 6 heteroatoms. The molecular weight excluding hydrogens is 364 g/mol. The van der Waals surface area contributed by atoms with E-state index >= 15 is 0 Å². The van der Waals surface area contributed by atoms with Gasteiger partial charge in [-0.15, -0.1) is 0 Å². The zero-order valence-electron chi connectivity index (χ0n) is 17.2. The highest BCUT2D eigenvalue weighted by Crippen LogP contribution is 2.31. The van der Waals surface area contributed by atoms with Gasteiger partial charge in [-0.3, -0.25) is 9.79 Å². The SMILES string of the molecule is CN=C(NCCCOC(C)c1ccccc1)NCC1CC(=O)Nc2ccccc21. The van der Waals surface area contributed by atoms with Crippen LogP contribution in [0.1, 0.15) is 42.9 Å². The van der Waals surface area contributed by atoms with Gasteiger partial charge in [-0.1, -0.05) is 48.5 Å². The van der Waals surface area contributed by atoms with Crippen LogP contribution in [0.5, 0.6) is 0 Å². The van der Waals surface area contributed by atoms with Crippen molar-refractivity contribution in [1.29, 1.82) is 0 Å². The van der Waals surface area contributed by atoms with Gasteiger partial charge in [0.15, 0.2) is 5.96 Å². The predicted octanol–water partition coefficient (Wildman–Crippen LogP) is 3.45. The Morgan fingerprint density at radius 2 is 1.93 bits per heavy atom. The van der Waals surface area contributed by atoms with E-state index in [9.17, 15) is 4.79 Å². The normalized spacial score (nSPS) is 17.2. The molecule has 0 saturated heterocycles. The van der Waals surface area contributed by atoms with E-state index in [1.165, 1.54) is 11.1 Å². The zero-order chi connectivity index (χ0) is 20.5. The topological polar surface area (TPSA) is 74.8 Å². The van der Waals surface area contributed by atoms with Crippen molar-refractivity contribution in [3.05, 3.63) is 65.7 Å². The molecule has 2 atom stereocenters. The molecule has 1 aliphatic heterocycles. The van der Waals surface area contributed by atoms with Crippen molar-refractivity contribution >= 4 is 17.6 Å². The van der Waals surface area contributed by atoms with Crippen molar-refractivity contribution < 1.29 is 9.53 Å². The number of amides is 1. The largest absolute Gasteiger partial charge is 0.374 e. The highest BCUT2D eigenvalue weighted by molar-refractivity contribution is 5.94. The van der Waals surface area contributed by atoms with Crippen molar-refractivity contribution in [1.82, 2.24) is 10.6 Å². The predicted molar refractivity (Wildman–Crippen MR) is 117 cm³/mol. The molecule has 2 aromatic carbocycles. The van der Waals surface area contributed by atoms with E-state index in [0.717, 1.165) is 24.6 Å². The molecule has 1 aliphatic rings. The third-order valence-corrected chi connectivity index (χ3v) is 5.10. The summed E-state index contributed by atoms with van der Waals surface area (Å²) in [5.41, 5.74) is 3.26. The summed E-state index contributed by atoms with van der Waals surface area (Å²) in [6.45, 7) is 4.17. The summed E-state index contributed by atoms with van der Waals surface area (Å²) in [6.07, 6.45) is 1.45. The fourth-order valence-electron chi connectivity index (χ4n) is 3.48. The first-order valence-electron chi connectivity index (χ1n) is 10.2. The number of anilines is 1. The lowest BCUT2D eigenvalue weighted by atomic mass is 9.90. The van der Waals surface area contributed by atoms with Crippen LogP contribution < -0.4 is 16.0 Å². The van der Waals surface area contributed by atoms with Gasteiger partial charge in [-0.2, -0.15) is 0 Å². The molecule has 1 heterocycles. The second-order valence-electron chi connectivity index (χ2n) is 7.19. The van der Waals surface area contributed by atoms with E-state index in [-0.39, 0.29) is 17.9 Å². The first-order valence-corrected chi connectivity index (χ1v) is 10.2. The maximum Gasteiger partial charge on any atom is 0.225 e. The van der Waals surface area contributed by atoms with Gasteiger partial charge < -0.3 is 20.7 Å². The van der Waals surface area contributed by atoms with Crippen LogP contribution in [-0.2, 0) is 9.53 Å². The van der Waals surface area contributed by atoms with Gasteiger partial charge in [-0.05, 0) is 30.5 Å². The van der Waals surface area contributed by atoms with E-state index in [1.54, 1.807) is 7.05 Å². The first kappa shape index (κ1) is 20.9. The number of nitrogens with one attached hydrogen (secondary N) is 3. The van der Waals surface area contributed by atoms with Crippen LogP contribution in [0.15, 0.2) is 59.6 Å². The Balaban J connectivity index is 1.38. The number of hydrogen-bond acceptors (Lipinski definition) is 3. The van der Waals surface area contributed by atoms with Crippen molar-refractivity contribution in [3.8, 4) is 0 Å². The number of benzene rings is 2. The number of para-hydroxylation sites is 1. The average Bonchev–Trinajstić information content (AvgIpc) is 2.75. The Labute approximate surface area is 172 Å². The van der Waals surface area contributed by atoms with Gasteiger partial charge >= 0.3 is 0 Å². The Morgan fingerprint density at radius 3 is 2.72 bits per heavy atom. The Morgan fingerprint density at radius 1 is 1.17 bits per heavy atom. The summed E-state index contributed by atoms with van der Waals surface area (Å²) in [5.74, 6) is 0.932. The average molecular weight is 395 g/mol. The lowest BCUT2D eigenvalue weighted by molar-refractivity contribution is -0.116. The van der Waals surface area contributed by atoms with E-state index < -0.39 is 0 Å². The van der Waals surface area contributed by atoms with Gasteiger partial charge in [-0.25, -0.2) is 0 Å². The molecule has 3 N–H and O–H groups in total. The number of nitrogens with zero attached hydrogens (tertiary/aromatic N) is 1. The Hall–Kier alpha value is -2.86. The number of ether oxygens (including phenoxy) is 1. The van der Waals surface area contributed by atoms with E-state index in [2.05, 4.69) is 46.1 Å². The number of fused-ring (bicyclic) bond motifs is 1. The first-order chi connectivity index (χ1) is 14.2. The highest BCUT2D eigenvalue weighted by Gasteiger charge is 2.24. The summed E-state index contributed by atoms with van der Waals surface area (Å²) in [4.78, 5) is 16.2. The molecule has 6 nitrogen and oxygen atoms in total. The molecular formula is C23H30N4O2. The number of guanidine groups is 1. The van der Waals surface area contributed by atoms with Crippen LogP contribution in [0.2, 0.25) is 0 Å². The molecule has 0 bridgehead atoms. The molecule has 0 fully saturated rings. The quantitative estimate of drug-likeness (QED) is 0.364. The minimum Gasteiger partial charge on any atom is -0.374 e. The maximum absolute atomic E-state index is 12.0. The monoisotopic (exact) mass is 394 g/mol. The minimum absolute atomic E-state index is 0.0585. The Kier molecular flexibility index (Phi) is 7.64. The van der Waals surface area contributed by atoms with Crippen molar-refractivity contribution in [2.24, 2.45) is 4.99 Å². The molecule has 29 heavy (non-hydrogen) atoms. The highest BCUT2D eigenvalue weighted by atomic mass is 16.5. The summed E-state index contributed by atoms with van der Waals surface area (Å²) in [6, 6.07) is 18.2. The van der Waals surface area contributed by atoms with E-state index in [0.29, 0.717) is 19.6 Å². The van der Waals surface area contributed by atoms with Crippen molar-refractivity contribution in [2.45, 2.75) is 31.8 Å². The fraction of sp³-hybridized carbons (Fsp3) is 0.391. The fourth-order valence-corrected chi connectivity index (χ4v) is 3.48. The molecule has 0 spiro atoms. The molecule has 0 aromatic heterocycles. The van der Waals surface area contributed by atoms with Crippen LogP contribution in [0.3, 0.4) is 0 Å². The van der Waals surface area contributed by atoms with E-state index in [4.69, 9.17) is 4.74 Å². The summed E-state index contributed by atoms with van der Waals surface area (Å²) < 4.78 is 5.90. The second-order valence-corrected chi connectivity index (χ2v) is 7.19. The van der Waals surface area contributed by atoms with Gasteiger partial charge in [0, 0.05) is 44.8 Å². The molecule has 2 unspecified atom stereocenters. The third kappa shape index (κ3) is 6.06. The van der Waals surface area contributed by atoms with Crippen LogP contribution in [-0.4, -0.2) is 38.6 Å². The standard InChI is InChI=1S/C23H30N4O2/c1-17(18-9-4-3-5-10-18)29-14-8-13-25-23(24-2)26-16-19-15-22(28)27-21-12-7-6-11-20(19)21/h3-7,9-12,17,19H,8,13-16H2,1-2H3,(H,27,28)(H2,24,25,26). The zero-order valence-corrected chi connectivity index (χ0v) is 17.2. The minimum atomic E-state index is 0.0585. The molecule has 0 radical (unpaired) electrons.